The minimum Gasteiger partial charge on any atom is -0.376 e. The Morgan fingerprint density at radius 3 is 2.38 bits per heavy atom. The molecule has 4 N–H and O–H groups in total. The average Bonchev–Trinajstić information content (AvgIpc) is 3.07. The van der Waals surface area contributed by atoms with Crippen LogP contribution in [0.15, 0.2) is 36.4 Å². The first-order chi connectivity index (χ1) is 15.1. The Bertz CT molecular complexity index is 1060. The molecule has 11 heteroatoms. The van der Waals surface area contributed by atoms with Crippen LogP contribution < -0.4 is 16.0 Å². The van der Waals surface area contributed by atoms with Gasteiger partial charge >= 0.3 is 0 Å². The molecule has 2 aromatic rings. The zero-order chi connectivity index (χ0) is 23.2. The normalized spacial score (nSPS) is 25.9. The van der Waals surface area contributed by atoms with Gasteiger partial charge in [0.1, 0.15) is 10.6 Å². The van der Waals surface area contributed by atoms with E-state index < -0.39 is 40.3 Å². The predicted octanol–water partition coefficient (Wildman–Crippen LogP) is 4.58. The standard InChI is InChI=1S/C21H18Cl5N3O3/c22-10-5-9(6-11(23)7-10)16-17(21(16,25)26)20(32)28-12-1-2-14(24)13(8-12)18(30)29-15-3-4-27-19(15)31/h1-2,5-8,15-17,19,27,31H,3-4H2,(H,28,32)(H,29,30). The molecule has 4 atom stereocenters. The Morgan fingerprint density at radius 1 is 1.06 bits per heavy atom. The second-order valence-corrected chi connectivity index (χ2v) is 10.5. The zero-order valence-electron chi connectivity index (χ0n) is 16.3. The van der Waals surface area contributed by atoms with Gasteiger partial charge in [-0.2, -0.15) is 0 Å². The number of hydrogen-bond donors (Lipinski definition) is 4. The van der Waals surface area contributed by atoms with Crippen LogP contribution >= 0.6 is 58.0 Å². The third kappa shape index (κ3) is 4.82. The van der Waals surface area contributed by atoms with Gasteiger partial charge in [-0.05, 0) is 54.9 Å². The molecule has 1 aliphatic carbocycles. The number of alkyl halides is 2. The third-order valence-electron chi connectivity index (χ3n) is 5.56. The molecule has 0 spiro atoms. The molecule has 1 saturated carbocycles. The van der Waals surface area contributed by atoms with Gasteiger partial charge in [0, 0.05) is 21.7 Å². The molecule has 4 rings (SSSR count). The summed E-state index contributed by atoms with van der Waals surface area (Å²) in [6.07, 6.45) is -0.238. The van der Waals surface area contributed by atoms with E-state index in [-0.39, 0.29) is 10.6 Å². The van der Waals surface area contributed by atoms with Gasteiger partial charge in [0.15, 0.2) is 0 Å². The van der Waals surface area contributed by atoms with E-state index in [1.807, 2.05) is 0 Å². The number of nitrogens with one attached hydrogen (secondary N) is 3. The molecule has 0 radical (unpaired) electrons. The lowest BCUT2D eigenvalue weighted by atomic mass is 10.1. The maximum Gasteiger partial charge on any atom is 0.253 e. The highest BCUT2D eigenvalue weighted by molar-refractivity contribution is 6.53. The van der Waals surface area contributed by atoms with E-state index in [0.29, 0.717) is 34.3 Å². The van der Waals surface area contributed by atoms with Crippen LogP contribution in [0.2, 0.25) is 15.1 Å². The fraction of sp³-hybridized carbons (Fsp3) is 0.333. The van der Waals surface area contributed by atoms with Crippen molar-refractivity contribution in [3.05, 3.63) is 62.6 Å². The van der Waals surface area contributed by atoms with Gasteiger partial charge in [0.25, 0.3) is 5.91 Å². The smallest absolute Gasteiger partial charge is 0.253 e. The number of anilines is 1. The van der Waals surface area contributed by atoms with E-state index in [1.54, 1.807) is 24.3 Å². The van der Waals surface area contributed by atoms with Crippen LogP contribution in [-0.2, 0) is 4.79 Å². The number of rotatable bonds is 5. The molecular weight excluding hydrogens is 520 g/mol. The highest BCUT2D eigenvalue weighted by Crippen LogP contribution is 2.65. The van der Waals surface area contributed by atoms with E-state index >= 15 is 0 Å². The van der Waals surface area contributed by atoms with Crippen molar-refractivity contribution in [1.29, 1.82) is 0 Å². The minimum absolute atomic E-state index is 0.167. The average molecular weight is 538 g/mol. The number of halogens is 5. The van der Waals surface area contributed by atoms with Crippen molar-refractivity contribution >= 4 is 75.5 Å². The van der Waals surface area contributed by atoms with Crippen molar-refractivity contribution in [2.75, 3.05) is 11.9 Å². The summed E-state index contributed by atoms with van der Waals surface area (Å²) in [6, 6.07) is 9.02. The van der Waals surface area contributed by atoms with Crippen LogP contribution in [0.3, 0.4) is 0 Å². The quantitative estimate of drug-likeness (QED) is 0.420. The van der Waals surface area contributed by atoms with E-state index in [4.69, 9.17) is 58.0 Å². The molecule has 0 aromatic heterocycles. The predicted molar refractivity (Wildman–Crippen MR) is 127 cm³/mol. The summed E-state index contributed by atoms with van der Waals surface area (Å²) in [5.74, 6) is -2.11. The van der Waals surface area contributed by atoms with Crippen molar-refractivity contribution in [3.8, 4) is 0 Å². The van der Waals surface area contributed by atoms with Crippen LogP contribution in [0.4, 0.5) is 5.69 Å². The Labute approximate surface area is 209 Å². The summed E-state index contributed by atoms with van der Waals surface area (Å²) >= 11 is 31.1. The topological polar surface area (TPSA) is 90.5 Å². The largest absolute Gasteiger partial charge is 0.376 e. The number of carbonyl (C=O) groups is 2. The van der Waals surface area contributed by atoms with E-state index in [0.717, 1.165) is 0 Å². The van der Waals surface area contributed by atoms with Gasteiger partial charge < -0.3 is 15.7 Å². The molecular formula is C21H18Cl5N3O3. The lowest BCUT2D eigenvalue weighted by Gasteiger charge is -2.17. The van der Waals surface area contributed by atoms with Gasteiger partial charge in [-0.1, -0.05) is 34.8 Å². The maximum atomic E-state index is 12.9. The molecule has 1 saturated heterocycles. The van der Waals surface area contributed by atoms with Crippen LogP contribution in [0.1, 0.15) is 28.3 Å². The summed E-state index contributed by atoms with van der Waals surface area (Å²) in [7, 11) is 0. The second-order valence-electron chi connectivity index (χ2n) is 7.78. The number of aliphatic hydroxyl groups is 1. The molecule has 2 aromatic carbocycles. The zero-order valence-corrected chi connectivity index (χ0v) is 20.1. The Hall–Kier alpha value is -1.25. The summed E-state index contributed by atoms with van der Waals surface area (Å²) in [4.78, 5) is 25.6. The second kappa shape index (κ2) is 9.18. The Balaban J connectivity index is 1.49. The SMILES string of the molecule is O=C(NC1CCNC1O)c1cc(NC(=O)C2C(c3cc(Cl)cc(Cl)c3)C2(Cl)Cl)ccc1Cl. The van der Waals surface area contributed by atoms with Gasteiger partial charge in [-0.15, -0.1) is 23.2 Å². The Morgan fingerprint density at radius 2 is 1.75 bits per heavy atom. The lowest BCUT2D eigenvalue weighted by Crippen LogP contribution is -2.43. The van der Waals surface area contributed by atoms with Crippen LogP contribution in [-0.4, -0.2) is 40.1 Å². The van der Waals surface area contributed by atoms with Crippen LogP contribution in [0, 0.1) is 5.92 Å². The molecule has 1 aliphatic heterocycles. The minimum atomic E-state index is -1.32. The fourth-order valence-electron chi connectivity index (χ4n) is 3.90. The molecule has 2 aliphatic rings. The molecule has 170 valence electrons. The number of aliphatic hydroxyl groups excluding tert-OH is 1. The molecule has 0 bridgehead atoms. The summed E-state index contributed by atoms with van der Waals surface area (Å²) < 4.78 is -1.32. The van der Waals surface area contributed by atoms with Gasteiger partial charge in [-0.25, -0.2) is 0 Å². The number of carbonyl (C=O) groups excluding carboxylic acids is 2. The monoisotopic (exact) mass is 535 g/mol. The molecule has 4 unspecified atom stereocenters. The third-order valence-corrected chi connectivity index (χ3v) is 7.27. The highest BCUT2D eigenvalue weighted by Gasteiger charge is 2.67. The first-order valence-corrected chi connectivity index (χ1v) is 11.6. The van der Waals surface area contributed by atoms with Gasteiger partial charge in [0.05, 0.1) is 22.5 Å². The first-order valence-electron chi connectivity index (χ1n) is 9.74. The fourth-order valence-corrected chi connectivity index (χ4v) is 5.48. The molecule has 2 fully saturated rings. The van der Waals surface area contributed by atoms with E-state index in [9.17, 15) is 14.7 Å². The first kappa shape index (κ1) is 23.9. The van der Waals surface area contributed by atoms with Crippen molar-refractivity contribution in [2.24, 2.45) is 5.92 Å². The Kier molecular flexibility index (Phi) is 6.86. The number of amides is 2. The van der Waals surface area contributed by atoms with Crippen molar-refractivity contribution < 1.29 is 14.7 Å². The molecule has 2 amide bonds. The van der Waals surface area contributed by atoms with Crippen LogP contribution in [0.25, 0.3) is 0 Å². The molecule has 6 nitrogen and oxygen atoms in total. The number of hydrogen-bond acceptors (Lipinski definition) is 4. The van der Waals surface area contributed by atoms with Crippen molar-refractivity contribution in [3.63, 3.8) is 0 Å². The summed E-state index contributed by atoms with van der Waals surface area (Å²) in [6.45, 7) is 0.592. The highest BCUT2D eigenvalue weighted by atomic mass is 35.5. The summed E-state index contributed by atoms with van der Waals surface area (Å²) in [5, 5.41) is 19.2. The van der Waals surface area contributed by atoms with Crippen LogP contribution in [0.5, 0.6) is 0 Å². The molecule has 32 heavy (non-hydrogen) atoms. The maximum absolute atomic E-state index is 12.9. The van der Waals surface area contributed by atoms with E-state index in [2.05, 4.69) is 16.0 Å². The van der Waals surface area contributed by atoms with Gasteiger partial charge in [-0.3, -0.25) is 14.9 Å². The lowest BCUT2D eigenvalue weighted by molar-refractivity contribution is -0.117. The van der Waals surface area contributed by atoms with E-state index in [1.165, 1.54) is 12.1 Å². The van der Waals surface area contributed by atoms with Gasteiger partial charge in [0.2, 0.25) is 5.91 Å². The van der Waals surface area contributed by atoms with Crippen molar-refractivity contribution in [1.82, 2.24) is 10.6 Å². The number of benzene rings is 2. The summed E-state index contributed by atoms with van der Waals surface area (Å²) in [5.41, 5.74) is 1.18. The van der Waals surface area contributed by atoms with Crippen molar-refractivity contribution in [2.45, 2.75) is 28.9 Å². The molecule has 1 heterocycles.